The van der Waals surface area contributed by atoms with E-state index in [1.165, 1.54) is 83.5 Å². The smallest absolute Gasteiger partial charge is 0.391 e. The van der Waals surface area contributed by atoms with E-state index in [9.17, 15) is 19.4 Å². The summed E-state index contributed by atoms with van der Waals surface area (Å²) in [6.07, 6.45) is 29.3. The van der Waals surface area contributed by atoms with Crippen LogP contribution in [0.3, 0.4) is 0 Å². The molecule has 0 aromatic carbocycles. The second-order valence-corrected chi connectivity index (χ2v) is 13.2. The van der Waals surface area contributed by atoms with Crippen LogP contribution in [-0.4, -0.2) is 47.8 Å². The van der Waals surface area contributed by atoms with Crippen molar-refractivity contribution in [3.05, 3.63) is 12.2 Å². The number of carbonyl (C=O) groups excluding carboxylic acids is 1. The van der Waals surface area contributed by atoms with Crippen molar-refractivity contribution in [1.82, 2.24) is 5.32 Å². The average Bonchev–Trinajstić information content (AvgIpc) is 2.97. The number of rotatable bonds is 32. The molecule has 0 heterocycles. The van der Waals surface area contributed by atoms with Gasteiger partial charge in [0.2, 0.25) is 5.91 Å². The Balaban J connectivity index is 4.32. The van der Waals surface area contributed by atoms with Crippen LogP contribution in [0.1, 0.15) is 162 Å². The van der Waals surface area contributed by atoms with E-state index in [4.69, 9.17) is 14.8 Å². The van der Waals surface area contributed by atoms with Crippen molar-refractivity contribution in [3.63, 3.8) is 0 Å². The predicted molar refractivity (Wildman–Crippen MR) is 175 cm³/mol. The number of aliphatic hydroxyl groups excluding tert-OH is 1. The van der Waals surface area contributed by atoms with E-state index >= 15 is 0 Å². The minimum Gasteiger partial charge on any atom is -0.391 e. The van der Waals surface area contributed by atoms with Crippen LogP contribution in [0.2, 0.25) is 0 Å². The molecule has 0 spiro atoms. The Morgan fingerprint density at radius 2 is 1.24 bits per heavy atom. The highest BCUT2D eigenvalue weighted by Gasteiger charge is 2.27. The van der Waals surface area contributed by atoms with Crippen LogP contribution >= 0.6 is 7.82 Å². The highest BCUT2D eigenvalue weighted by atomic mass is 31.2. The van der Waals surface area contributed by atoms with Crippen molar-refractivity contribution in [2.45, 2.75) is 174 Å². The largest absolute Gasteiger partial charge is 0.472 e. The maximum atomic E-state index is 12.6. The van der Waals surface area contributed by atoms with Crippen LogP contribution in [0.25, 0.3) is 0 Å². The molecular formula is C33H67N2O6P. The van der Waals surface area contributed by atoms with Gasteiger partial charge in [-0.15, -0.1) is 0 Å². The third-order valence-corrected chi connectivity index (χ3v) is 8.60. The fourth-order valence-corrected chi connectivity index (χ4v) is 5.71. The molecule has 0 aliphatic rings. The molecule has 0 aliphatic carbocycles. The van der Waals surface area contributed by atoms with Gasteiger partial charge in [-0.25, -0.2) is 4.57 Å². The van der Waals surface area contributed by atoms with E-state index in [1.807, 2.05) is 0 Å². The maximum Gasteiger partial charge on any atom is 0.472 e. The number of carbonyl (C=O) groups is 1. The molecule has 9 heteroatoms. The fraction of sp³-hybridized carbons (Fsp3) is 0.909. The summed E-state index contributed by atoms with van der Waals surface area (Å²) < 4.78 is 22.0. The van der Waals surface area contributed by atoms with Crippen LogP contribution in [0.15, 0.2) is 12.2 Å². The first kappa shape index (κ1) is 41.2. The first-order valence-corrected chi connectivity index (χ1v) is 18.8. The Kier molecular flexibility index (Phi) is 29.7. The van der Waals surface area contributed by atoms with Gasteiger partial charge in [-0.3, -0.25) is 13.8 Å². The molecule has 3 unspecified atom stereocenters. The summed E-state index contributed by atoms with van der Waals surface area (Å²) in [5.74, 6) is -0.174. The summed E-state index contributed by atoms with van der Waals surface area (Å²) in [5.41, 5.74) is 5.34. The van der Waals surface area contributed by atoms with Crippen molar-refractivity contribution in [1.29, 1.82) is 0 Å². The molecule has 3 atom stereocenters. The third kappa shape index (κ3) is 28.0. The second-order valence-electron chi connectivity index (χ2n) is 11.7. The lowest BCUT2D eigenvalue weighted by atomic mass is 10.0. The monoisotopic (exact) mass is 618 g/mol. The summed E-state index contributed by atoms with van der Waals surface area (Å²) in [6.45, 7) is 4.14. The number of hydrogen-bond donors (Lipinski definition) is 4. The van der Waals surface area contributed by atoms with Gasteiger partial charge in [-0.1, -0.05) is 129 Å². The Hall–Kier alpha value is -0.760. The first-order chi connectivity index (χ1) is 20.4. The highest BCUT2D eigenvalue weighted by Crippen LogP contribution is 2.43. The second kappa shape index (κ2) is 30.3. The van der Waals surface area contributed by atoms with E-state index in [1.54, 1.807) is 0 Å². The molecule has 0 rings (SSSR count). The molecule has 0 aliphatic heterocycles. The highest BCUT2D eigenvalue weighted by molar-refractivity contribution is 7.47. The number of phosphoric acid groups is 1. The Labute approximate surface area is 258 Å². The van der Waals surface area contributed by atoms with Gasteiger partial charge in [0.05, 0.1) is 25.4 Å². The molecule has 0 saturated heterocycles. The lowest BCUT2D eigenvalue weighted by molar-refractivity contribution is -0.123. The number of phosphoric ester groups is 1. The molecular weight excluding hydrogens is 551 g/mol. The molecule has 0 aromatic heterocycles. The summed E-state index contributed by atoms with van der Waals surface area (Å²) in [5, 5.41) is 13.7. The standard InChI is InChI=1S/C33H67N2O6P/c1-3-5-7-9-11-13-15-17-19-21-23-25-27-33(37)35-31(30-41-42(38,39)40-29-28-34)32(36)26-24-22-20-18-16-14-12-10-8-6-4-2/h11,13,31-32,36H,3-10,12,14-30,34H2,1-2H3,(H,35,37)(H,38,39)/b13-11-. The van der Waals surface area contributed by atoms with Crippen molar-refractivity contribution in [2.24, 2.45) is 5.73 Å². The number of allylic oxidation sites excluding steroid dienone is 2. The van der Waals surface area contributed by atoms with Crippen molar-refractivity contribution >= 4 is 13.7 Å². The summed E-state index contributed by atoms with van der Waals surface area (Å²) in [7, 11) is -4.30. The molecule has 0 fully saturated rings. The number of aliphatic hydroxyl groups is 1. The van der Waals surface area contributed by atoms with Gasteiger partial charge in [0, 0.05) is 13.0 Å². The Morgan fingerprint density at radius 3 is 1.81 bits per heavy atom. The number of nitrogens with one attached hydrogen (secondary N) is 1. The van der Waals surface area contributed by atoms with Crippen molar-refractivity contribution in [2.75, 3.05) is 19.8 Å². The van der Waals surface area contributed by atoms with Gasteiger partial charge in [0.1, 0.15) is 0 Å². The van der Waals surface area contributed by atoms with Crippen molar-refractivity contribution < 1.29 is 28.4 Å². The quantitative estimate of drug-likeness (QED) is 0.0338. The Morgan fingerprint density at radius 1 is 0.762 bits per heavy atom. The van der Waals surface area contributed by atoms with Crippen LogP contribution in [-0.2, 0) is 18.4 Å². The van der Waals surface area contributed by atoms with E-state index in [0.29, 0.717) is 12.8 Å². The van der Waals surface area contributed by atoms with Crippen LogP contribution in [0.4, 0.5) is 0 Å². The van der Waals surface area contributed by atoms with E-state index in [0.717, 1.165) is 51.4 Å². The van der Waals surface area contributed by atoms with Crippen LogP contribution in [0.5, 0.6) is 0 Å². The average molecular weight is 619 g/mol. The van der Waals surface area contributed by atoms with E-state index in [-0.39, 0.29) is 25.7 Å². The molecule has 5 N–H and O–H groups in total. The van der Waals surface area contributed by atoms with Crippen LogP contribution in [0, 0.1) is 0 Å². The van der Waals surface area contributed by atoms with Gasteiger partial charge in [0.25, 0.3) is 0 Å². The maximum absolute atomic E-state index is 12.6. The SMILES string of the molecule is CCCCC/C=C\CCCCCCCC(=O)NC(COP(=O)(O)OCCN)C(O)CCCCCCCCCCCCC. The summed E-state index contributed by atoms with van der Waals surface area (Å²) >= 11 is 0. The molecule has 0 bridgehead atoms. The lowest BCUT2D eigenvalue weighted by Crippen LogP contribution is -2.46. The van der Waals surface area contributed by atoms with E-state index in [2.05, 4.69) is 31.3 Å². The summed E-state index contributed by atoms with van der Waals surface area (Å²) in [6, 6.07) is -0.772. The zero-order valence-corrected chi connectivity index (χ0v) is 28.1. The molecule has 0 saturated carbocycles. The van der Waals surface area contributed by atoms with Gasteiger partial charge in [0.15, 0.2) is 0 Å². The summed E-state index contributed by atoms with van der Waals surface area (Å²) in [4.78, 5) is 22.5. The number of hydrogen-bond acceptors (Lipinski definition) is 6. The topological polar surface area (TPSA) is 131 Å². The molecule has 1 amide bonds. The number of unbranched alkanes of at least 4 members (excludes halogenated alkanes) is 18. The molecule has 0 radical (unpaired) electrons. The number of amides is 1. The molecule has 42 heavy (non-hydrogen) atoms. The van der Waals surface area contributed by atoms with Crippen LogP contribution < -0.4 is 11.1 Å². The minimum absolute atomic E-state index is 0.0886. The zero-order valence-electron chi connectivity index (χ0n) is 27.2. The van der Waals surface area contributed by atoms with Gasteiger partial charge >= 0.3 is 7.82 Å². The fourth-order valence-electron chi connectivity index (χ4n) is 4.95. The molecule has 8 nitrogen and oxygen atoms in total. The van der Waals surface area contributed by atoms with Gasteiger partial charge in [-0.05, 0) is 38.5 Å². The van der Waals surface area contributed by atoms with Gasteiger partial charge < -0.3 is 21.1 Å². The zero-order chi connectivity index (χ0) is 31.2. The first-order valence-electron chi connectivity index (χ1n) is 17.3. The lowest BCUT2D eigenvalue weighted by Gasteiger charge is -2.25. The molecule has 0 aromatic rings. The van der Waals surface area contributed by atoms with Crippen molar-refractivity contribution in [3.8, 4) is 0 Å². The van der Waals surface area contributed by atoms with Gasteiger partial charge in [-0.2, -0.15) is 0 Å². The normalized spacial score (nSPS) is 14.7. The Bertz CT molecular complexity index is 679. The predicted octanol–water partition coefficient (Wildman–Crippen LogP) is 8.49. The third-order valence-electron chi connectivity index (χ3n) is 7.62. The minimum atomic E-state index is -4.30. The molecule has 250 valence electrons. The number of nitrogens with two attached hydrogens (primary N) is 1. The van der Waals surface area contributed by atoms with E-state index < -0.39 is 20.0 Å².